The van der Waals surface area contributed by atoms with Gasteiger partial charge in [-0.05, 0) is 29.3 Å². The van der Waals surface area contributed by atoms with Crippen LogP contribution >= 0.6 is 0 Å². The maximum atomic E-state index is 12.7. The number of Topliss-reactive ketones (excluding diaryl/α,β-unsaturated/α-hetero) is 1. The zero-order chi connectivity index (χ0) is 23.3. The SMILES string of the molecule is COc1cc([C@@H]2COC3C=CC(C4Oc5cc(O)cc(O)c5C(=O)[C@@H]4O)=CC3O2)ccc1O. The highest BCUT2D eigenvalue weighted by atomic mass is 16.6. The van der Waals surface area contributed by atoms with Gasteiger partial charge in [0.25, 0.3) is 0 Å². The number of carbonyl (C=O) groups is 1. The van der Waals surface area contributed by atoms with Gasteiger partial charge in [0.1, 0.15) is 41.1 Å². The number of methoxy groups -OCH3 is 1. The van der Waals surface area contributed by atoms with Crippen molar-refractivity contribution in [1.82, 2.24) is 0 Å². The van der Waals surface area contributed by atoms with Crippen LogP contribution in [0.3, 0.4) is 0 Å². The smallest absolute Gasteiger partial charge is 0.202 e. The normalized spacial score (nSPS) is 28.4. The summed E-state index contributed by atoms with van der Waals surface area (Å²) in [7, 11) is 1.46. The first-order valence-electron chi connectivity index (χ1n) is 10.3. The third kappa shape index (κ3) is 3.70. The summed E-state index contributed by atoms with van der Waals surface area (Å²) in [5, 5.41) is 40.2. The second-order valence-electron chi connectivity index (χ2n) is 8.03. The molecule has 0 radical (unpaired) electrons. The lowest BCUT2D eigenvalue weighted by Crippen LogP contribution is -2.45. The van der Waals surface area contributed by atoms with Crippen LogP contribution in [0.4, 0.5) is 0 Å². The maximum Gasteiger partial charge on any atom is 0.202 e. The number of benzene rings is 2. The van der Waals surface area contributed by atoms with Crippen LogP contribution in [-0.2, 0) is 9.47 Å². The highest BCUT2D eigenvalue weighted by Gasteiger charge is 2.42. The van der Waals surface area contributed by atoms with Gasteiger partial charge in [0.15, 0.2) is 23.7 Å². The molecule has 9 heteroatoms. The number of ether oxygens (including phenoxy) is 4. The van der Waals surface area contributed by atoms with Gasteiger partial charge in [-0.25, -0.2) is 0 Å². The average Bonchev–Trinajstić information content (AvgIpc) is 2.80. The Morgan fingerprint density at radius 2 is 1.88 bits per heavy atom. The van der Waals surface area contributed by atoms with Gasteiger partial charge in [-0.15, -0.1) is 0 Å². The van der Waals surface area contributed by atoms with Crippen LogP contribution in [0.25, 0.3) is 0 Å². The molecule has 3 unspecified atom stereocenters. The predicted octanol–water partition coefficient (Wildman–Crippen LogP) is 2.14. The van der Waals surface area contributed by atoms with Gasteiger partial charge in [-0.1, -0.05) is 18.2 Å². The highest BCUT2D eigenvalue weighted by molar-refractivity contribution is 6.05. The fraction of sp³-hybridized carbons (Fsp3) is 0.292. The molecular weight excluding hydrogens is 432 g/mol. The van der Waals surface area contributed by atoms with Crippen molar-refractivity contribution in [1.29, 1.82) is 0 Å². The number of hydrogen-bond acceptors (Lipinski definition) is 9. The van der Waals surface area contributed by atoms with Crippen molar-refractivity contribution < 1.29 is 44.2 Å². The molecule has 33 heavy (non-hydrogen) atoms. The van der Waals surface area contributed by atoms with Crippen LogP contribution in [0.1, 0.15) is 22.0 Å². The van der Waals surface area contributed by atoms with Crippen LogP contribution in [0.15, 0.2) is 54.1 Å². The Balaban J connectivity index is 1.41. The van der Waals surface area contributed by atoms with Gasteiger partial charge in [0, 0.05) is 12.1 Å². The Morgan fingerprint density at radius 1 is 1.06 bits per heavy atom. The van der Waals surface area contributed by atoms with Gasteiger partial charge < -0.3 is 39.4 Å². The van der Waals surface area contributed by atoms with E-state index in [0.29, 0.717) is 11.3 Å². The lowest BCUT2D eigenvalue weighted by Gasteiger charge is -2.38. The van der Waals surface area contributed by atoms with Crippen LogP contribution < -0.4 is 9.47 Å². The average molecular weight is 454 g/mol. The summed E-state index contributed by atoms with van der Waals surface area (Å²) in [6, 6.07) is 7.15. The van der Waals surface area contributed by atoms with Crippen molar-refractivity contribution in [2.75, 3.05) is 13.7 Å². The van der Waals surface area contributed by atoms with Crippen molar-refractivity contribution >= 4 is 5.78 Å². The summed E-state index contributed by atoms with van der Waals surface area (Å²) < 4.78 is 23.1. The minimum absolute atomic E-state index is 0.0147. The van der Waals surface area contributed by atoms with Crippen LogP contribution in [-0.4, -0.2) is 64.3 Å². The number of aliphatic hydroxyl groups is 1. The number of ketones is 1. The number of phenolic OH excluding ortho intramolecular Hbond substituents is 3. The molecule has 0 aromatic heterocycles. The largest absolute Gasteiger partial charge is 0.508 e. The highest BCUT2D eigenvalue weighted by Crippen LogP contribution is 2.41. The molecule has 0 amide bonds. The van der Waals surface area contributed by atoms with Gasteiger partial charge in [0.2, 0.25) is 5.78 Å². The van der Waals surface area contributed by atoms with E-state index in [1.165, 1.54) is 19.2 Å². The van der Waals surface area contributed by atoms with E-state index in [1.807, 2.05) is 0 Å². The molecule has 2 aromatic carbocycles. The molecule has 3 aliphatic rings. The maximum absolute atomic E-state index is 12.7. The molecule has 1 saturated heterocycles. The van der Waals surface area contributed by atoms with Gasteiger partial charge in [-0.2, -0.15) is 0 Å². The first-order valence-corrected chi connectivity index (χ1v) is 10.3. The quantitative estimate of drug-likeness (QED) is 0.550. The molecule has 5 rings (SSSR count). The Bertz CT molecular complexity index is 1170. The van der Waals surface area contributed by atoms with E-state index in [9.17, 15) is 25.2 Å². The van der Waals surface area contributed by atoms with E-state index in [2.05, 4.69) is 0 Å². The number of fused-ring (bicyclic) bond motifs is 2. The molecule has 0 saturated carbocycles. The van der Waals surface area contributed by atoms with E-state index in [0.717, 1.165) is 11.6 Å². The number of rotatable bonds is 3. The van der Waals surface area contributed by atoms with Gasteiger partial charge in [-0.3, -0.25) is 4.79 Å². The van der Waals surface area contributed by atoms with Crippen molar-refractivity contribution in [3.63, 3.8) is 0 Å². The number of aliphatic hydroxyl groups excluding tert-OH is 1. The minimum atomic E-state index is -1.55. The first kappa shape index (κ1) is 21.3. The zero-order valence-corrected chi connectivity index (χ0v) is 17.5. The van der Waals surface area contributed by atoms with E-state index >= 15 is 0 Å². The first-order chi connectivity index (χ1) is 15.9. The molecule has 2 heterocycles. The summed E-state index contributed by atoms with van der Waals surface area (Å²) in [6.45, 7) is 0.287. The van der Waals surface area contributed by atoms with E-state index in [4.69, 9.17) is 18.9 Å². The Labute approximate surface area is 188 Å². The van der Waals surface area contributed by atoms with Crippen LogP contribution in [0, 0.1) is 0 Å². The Hall–Kier alpha value is -3.53. The summed E-state index contributed by atoms with van der Waals surface area (Å²) in [6.07, 6.45) is 1.27. The zero-order valence-electron chi connectivity index (χ0n) is 17.5. The predicted molar refractivity (Wildman–Crippen MR) is 114 cm³/mol. The lowest BCUT2D eigenvalue weighted by molar-refractivity contribution is -0.151. The molecule has 4 N–H and O–H groups in total. The summed E-state index contributed by atoms with van der Waals surface area (Å²) in [4.78, 5) is 12.7. The minimum Gasteiger partial charge on any atom is -0.508 e. The summed E-state index contributed by atoms with van der Waals surface area (Å²) >= 11 is 0. The molecule has 0 spiro atoms. The Kier molecular flexibility index (Phi) is 5.24. The number of phenols is 3. The van der Waals surface area contributed by atoms with Gasteiger partial charge in [0.05, 0.1) is 13.7 Å². The lowest BCUT2D eigenvalue weighted by atomic mass is 9.89. The molecule has 1 aliphatic carbocycles. The molecule has 5 atom stereocenters. The van der Waals surface area contributed by atoms with Crippen molar-refractivity contribution in [2.45, 2.75) is 30.5 Å². The van der Waals surface area contributed by atoms with Crippen molar-refractivity contribution in [3.8, 4) is 28.7 Å². The monoisotopic (exact) mass is 454 g/mol. The number of carbonyl (C=O) groups excluding carboxylic acids is 1. The second kappa shape index (κ2) is 8.11. The third-order valence-electron chi connectivity index (χ3n) is 5.95. The topological polar surface area (TPSA) is 135 Å². The Morgan fingerprint density at radius 3 is 2.67 bits per heavy atom. The standard InChI is InChI=1S/C24H22O9/c1-30-17-6-11(2-4-14(17)26)20-10-31-16-5-3-12(7-18(16)32-20)24-23(29)22(28)21-15(27)8-13(25)9-19(21)33-24/h2-9,16,18,20,23-27,29H,10H2,1H3/t16?,18?,20-,23-,24?/m0/s1. The van der Waals surface area contributed by atoms with E-state index in [1.54, 1.807) is 30.4 Å². The molecule has 2 aliphatic heterocycles. The fourth-order valence-corrected chi connectivity index (χ4v) is 4.27. The summed E-state index contributed by atoms with van der Waals surface area (Å²) in [5.74, 6) is -1.11. The van der Waals surface area contributed by atoms with Gasteiger partial charge >= 0.3 is 0 Å². The van der Waals surface area contributed by atoms with Crippen LogP contribution in [0.2, 0.25) is 0 Å². The number of aromatic hydroxyl groups is 3. The fourth-order valence-electron chi connectivity index (χ4n) is 4.27. The van der Waals surface area contributed by atoms with Crippen molar-refractivity contribution in [2.24, 2.45) is 0 Å². The second-order valence-corrected chi connectivity index (χ2v) is 8.03. The summed E-state index contributed by atoms with van der Waals surface area (Å²) in [5.41, 5.74) is 1.09. The molecule has 2 aromatic rings. The number of hydrogen-bond donors (Lipinski definition) is 4. The van der Waals surface area contributed by atoms with Crippen molar-refractivity contribution in [3.05, 3.63) is 65.3 Å². The molecule has 172 valence electrons. The molecular formula is C24H22O9. The van der Waals surface area contributed by atoms with Crippen LogP contribution in [0.5, 0.6) is 28.7 Å². The third-order valence-corrected chi connectivity index (χ3v) is 5.95. The molecule has 0 bridgehead atoms. The molecule has 9 nitrogen and oxygen atoms in total. The van der Waals surface area contributed by atoms with E-state index < -0.39 is 35.9 Å². The molecule has 1 fully saturated rings. The van der Waals surface area contributed by atoms with E-state index in [-0.39, 0.29) is 35.5 Å².